The van der Waals surface area contributed by atoms with Crippen molar-refractivity contribution in [2.24, 2.45) is 0 Å². The van der Waals surface area contributed by atoms with Crippen molar-refractivity contribution >= 4 is 43.8 Å². The summed E-state index contributed by atoms with van der Waals surface area (Å²) in [4.78, 5) is 15.3. The summed E-state index contributed by atoms with van der Waals surface area (Å²) in [6.45, 7) is 0. The van der Waals surface area contributed by atoms with Crippen molar-refractivity contribution in [1.29, 1.82) is 0 Å². The number of thiazole rings is 1. The molecule has 6 nitrogen and oxygen atoms in total. The molecule has 124 valence electrons. The summed E-state index contributed by atoms with van der Waals surface area (Å²) in [7, 11) is -5.52. The first-order valence-corrected chi connectivity index (χ1v) is 8.27. The van der Waals surface area contributed by atoms with Gasteiger partial charge in [-0.25, -0.2) is 13.4 Å². The molecule has 0 aliphatic heterocycles. The molecule has 0 radical (unpaired) electrons. The fourth-order valence-electron chi connectivity index (χ4n) is 1.37. The molecule has 0 saturated carbocycles. The molecular weight excluding hydrogens is 381 g/mol. The molecule has 2 N–H and O–H groups in total. The van der Waals surface area contributed by atoms with Crippen LogP contribution in [0.4, 0.5) is 18.3 Å². The smallest absolute Gasteiger partial charge is 0.502 e. The molecule has 2 rings (SSSR count). The average molecular weight is 387 g/mol. The number of nitrogens with zero attached hydrogens (tertiary/aromatic N) is 1. The Kier molecular flexibility index (Phi) is 4.55. The number of carbonyl (C=O) groups excluding carboxylic acids is 1. The number of carbonyl (C=O) groups is 1. The quantitative estimate of drug-likeness (QED) is 0.845. The number of sulfone groups is 1. The van der Waals surface area contributed by atoms with E-state index in [1.165, 1.54) is 6.07 Å². The van der Waals surface area contributed by atoms with Gasteiger partial charge in [-0.3, -0.25) is 10.1 Å². The molecule has 0 spiro atoms. The van der Waals surface area contributed by atoms with Crippen molar-refractivity contribution < 1.29 is 31.5 Å². The van der Waals surface area contributed by atoms with E-state index >= 15 is 0 Å². The Morgan fingerprint density at radius 3 is 2.57 bits per heavy atom. The van der Waals surface area contributed by atoms with Crippen molar-refractivity contribution in [2.45, 2.75) is 9.72 Å². The minimum atomic E-state index is -5.52. The van der Waals surface area contributed by atoms with Crippen LogP contribution in [0, 0.1) is 0 Å². The fraction of sp³-hybridized carbons (Fsp3) is 0.0909. The Labute approximate surface area is 136 Å². The zero-order valence-electron chi connectivity index (χ0n) is 10.8. The lowest BCUT2D eigenvalue weighted by molar-refractivity contribution is -0.0434. The molecule has 1 heterocycles. The predicted molar refractivity (Wildman–Crippen MR) is 76.4 cm³/mol. The molecule has 2 aromatic rings. The first-order valence-electron chi connectivity index (χ1n) is 5.59. The van der Waals surface area contributed by atoms with Crippen LogP contribution in [0.25, 0.3) is 0 Å². The second-order valence-corrected chi connectivity index (χ2v) is 7.66. The second kappa shape index (κ2) is 5.98. The van der Waals surface area contributed by atoms with Crippen LogP contribution >= 0.6 is 22.9 Å². The van der Waals surface area contributed by atoms with Crippen molar-refractivity contribution in [3.05, 3.63) is 35.0 Å². The molecule has 1 aromatic carbocycles. The molecule has 1 amide bonds. The van der Waals surface area contributed by atoms with Gasteiger partial charge in [-0.05, 0) is 18.2 Å². The number of aromatic hydroxyl groups is 1. The lowest BCUT2D eigenvalue weighted by Crippen LogP contribution is -2.22. The van der Waals surface area contributed by atoms with Gasteiger partial charge in [0.25, 0.3) is 15.7 Å². The topological polar surface area (TPSA) is 96.4 Å². The summed E-state index contributed by atoms with van der Waals surface area (Å²) in [5, 5.41) is 11.0. The highest BCUT2D eigenvalue weighted by Gasteiger charge is 2.48. The maximum Gasteiger partial charge on any atom is 0.502 e. The van der Waals surface area contributed by atoms with Gasteiger partial charge < -0.3 is 5.11 Å². The number of aromatic nitrogens is 1. The number of amides is 1. The number of alkyl halides is 3. The number of halogens is 4. The number of hydrogen-bond donors (Lipinski definition) is 2. The van der Waals surface area contributed by atoms with Gasteiger partial charge in [0.1, 0.15) is 5.75 Å². The van der Waals surface area contributed by atoms with E-state index < -0.39 is 25.5 Å². The fourth-order valence-corrected chi connectivity index (χ4v) is 3.48. The summed E-state index contributed by atoms with van der Waals surface area (Å²) in [5.41, 5.74) is -5.45. The molecular formula is C11H6ClF3N2O4S2. The van der Waals surface area contributed by atoms with E-state index in [0.29, 0.717) is 6.20 Å². The van der Waals surface area contributed by atoms with Crippen LogP contribution in [0.1, 0.15) is 10.4 Å². The minimum absolute atomic E-state index is 0.00299. The summed E-state index contributed by atoms with van der Waals surface area (Å²) >= 11 is 5.79. The van der Waals surface area contributed by atoms with E-state index in [-0.39, 0.29) is 32.8 Å². The van der Waals surface area contributed by atoms with Crippen LogP contribution in [0.2, 0.25) is 5.02 Å². The SMILES string of the molecule is O=C(Nc1ncc(S(=O)(=O)C(F)(F)F)s1)c1ccc(O)c(Cl)c1. The van der Waals surface area contributed by atoms with E-state index in [4.69, 9.17) is 11.6 Å². The maximum absolute atomic E-state index is 12.4. The first-order chi connectivity index (χ1) is 10.5. The van der Waals surface area contributed by atoms with E-state index in [2.05, 4.69) is 10.3 Å². The van der Waals surface area contributed by atoms with Crippen molar-refractivity contribution in [3.8, 4) is 5.75 Å². The van der Waals surface area contributed by atoms with Gasteiger partial charge in [0.2, 0.25) is 0 Å². The lowest BCUT2D eigenvalue weighted by Gasteiger charge is -2.04. The molecule has 0 atom stereocenters. The Hall–Kier alpha value is -1.85. The van der Waals surface area contributed by atoms with Crippen LogP contribution < -0.4 is 5.32 Å². The van der Waals surface area contributed by atoms with Crippen molar-refractivity contribution in [3.63, 3.8) is 0 Å². The lowest BCUT2D eigenvalue weighted by atomic mass is 10.2. The number of anilines is 1. The maximum atomic E-state index is 12.4. The number of phenolic OH excluding ortho intramolecular Hbond substituents is 1. The zero-order valence-corrected chi connectivity index (χ0v) is 13.1. The van der Waals surface area contributed by atoms with Crippen LogP contribution in [0.5, 0.6) is 5.75 Å². The van der Waals surface area contributed by atoms with Crippen LogP contribution in [0.15, 0.2) is 28.6 Å². The van der Waals surface area contributed by atoms with Gasteiger partial charge in [0, 0.05) is 5.56 Å². The molecule has 1 aromatic heterocycles. The summed E-state index contributed by atoms with van der Waals surface area (Å²) in [6.07, 6.45) is 0.507. The molecule has 0 unspecified atom stereocenters. The van der Waals surface area contributed by atoms with Crippen LogP contribution in [-0.4, -0.2) is 29.9 Å². The monoisotopic (exact) mass is 386 g/mol. The Balaban J connectivity index is 2.22. The van der Waals surface area contributed by atoms with Gasteiger partial charge in [-0.15, -0.1) is 0 Å². The Morgan fingerprint density at radius 2 is 2.00 bits per heavy atom. The number of rotatable bonds is 3. The van der Waals surface area contributed by atoms with Gasteiger partial charge in [0.15, 0.2) is 9.34 Å². The summed E-state index contributed by atoms with van der Waals surface area (Å²) in [6, 6.07) is 3.50. The highest BCUT2D eigenvalue weighted by Crippen LogP contribution is 2.34. The van der Waals surface area contributed by atoms with E-state index in [1.54, 1.807) is 0 Å². The molecule has 0 aliphatic rings. The molecule has 0 fully saturated rings. The van der Waals surface area contributed by atoms with Crippen molar-refractivity contribution in [2.75, 3.05) is 5.32 Å². The minimum Gasteiger partial charge on any atom is -0.506 e. The summed E-state index contributed by atoms with van der Waals surface area (Å²) in [5.74, 6) is -1.03. The zero-order chi connectivity index (χ0) is 17.4. The number of phenols is 1. The second-order valence-electron chi connectivity index (χ2n) is 4.05. The Bertz CT molecular complexity index is 864. The largest absolute Gasteiger partial charge is 0.506 e. The van der Waals surface area contributed by atoms with E-state index in [1.807, 2.05) is 0 Å². The molecule has 0 aliphatic carbocycles. The summed E-state index contributed by atoms with van der Waals surface area (Å²) < 4.78 is 58.6. The van der Waals surface area contributed by atoms with Crippen LogP contribution in [-0.2, 0) is 9.84 Å². The molecule has 0 saturated heterocycles. The number of hydrogen-bond acceptors (Lipinski definition) is 6. The van der Waals surface area contributed by atoms with Gasteiger partial charge in [-0.2, -0.15) is 13.2 Å². The first kappa shape index (κ1) is 17.5. The molecule has 23 heavy (non-hydrogen) atoms. The van der Waals surface area contributed by atoms with Crippen LogP contribution in [0.3, 0.4) is 0 Å². The highest BCUT2D eigenvalue weighted by atomic mass is 35.5. The van der Waals surface area contributed by atoms with E-state index in [0.717, 1.165) is 12.1 Å². The van der Waals surface area contributed by atoms with Gasteiger partial charge in [0.05, 0.1) is 11.2 Å². The number of benzene rings is 1. The third-order valence-corrected chi connectivity index (χ3v) is 5.65. The number of nitrogens with one attached hydrogen (secondary N) is 1. The normalized spacial score (nSPS) is 12.2. The van der Waals surface area contributed by atoms with Crippen molar-refractivity contribution in [1.82, 2.24) is 4.98 Å². The average Bonchev–Trinajstić information content (AvgIpc) is 2.89. The molecule has 12 heteroatoms. The third-order valence-electron chi connectivity index (χ3n) is 2.48. The predicted octanol–water partition coefficient (Wildman–Crippen LogP) is 3.05. The Morgan fingerprint density at radius 1 is 1.35 bits per heavy atom. The van der Waals surface area contributed by atoms with Gasteiger partial charge in [-0.1, -0.05) is 22.9 Å². The van der Waals surface area contributed by atoms with E-state index in [9.17, 15) is 31.5 Å². The molecule has 0 bridgehead atoms. The standard InChI is InChI=1S/C11H6ClF3N2O4S2/c12-6-3-5(1-2-7(6)18)9(19)17-10-16-4-8(22-10)23(20,21)11(13,14)15/h1-4,18H,(H,16,17,19). The third kappa shape index (κ3) is 3.57. The highest BCUT2D eigenvalue weighted by molar-refractivity contribution is 7.94. The van der Waals surface area contributed by atoms with Gasteiger partial charge >= 0.3 is 5.51 Å².